The molecule has 1 amide bonds. The van der Waals surface area contributed by atoms with Crippen LogP contribution in [0, 0.1) is 0 Å². The molecule has 1 heterocycles. The van der Waals surface area contributed by atoms with E-state index in [-0.39, 0.29) is 11.3 Å². The molecule has 0 bridgehead atoms. The highest BCUT2D eigenvalue weighted by atomic mass is 35.5. The minimum atomic E-state index is -0.491. The average Bonchev–Trinajstić information content (AvgIpc) is 2.41. The number of halogens is 1. The highest BCUT2D eigenvalue weighted by Gasteiger charge is 2.14. The minimum absolute atomic E-state index is 0.200. The highest BCUT2D eigenvalue weighted by molar-refractivity contribution is 6.30. The van der Waals surface area contributed by atoms with Gasteiger partial charge in [0.05, 0.1) is 10.6 Å². The molecule has 102 valence electrons. The lowest BCUT2D eigenvalue weighted by Gasteiger charge is -2.09. The molecule has 0 fully saturated rings. The molecule has 2 aromatic rings. The van der Waals surface area contributed by atoms with E-state index in [4.69, 9.17) is 16.3 Å². The quantitative estimate of drug-likeness (QED) is 0.697. The summed E-state index contributed by atoms with van der Waals surface area (Å²) in [6, 6.07) is 9.65. The van der Waals surface area contributed by atoms with E-state index in [0.29, 0.717) is 10.8 Å². The SMILES string of the molecule is CC(=O)Oc1ccccc1C(=O)Nc1ccc(Cl)cn1. The molecule has 20 heavy (non-hydrogen) atoms. The molecular formula is C14H11ClN2O3. The van der Waals surface area contributed by atoms with Gasteiger partial charge < -0.3 is 10.1 Å². The normalized spacial score (nSPS) is 9.90. The van der Waals surface area contributed by atoms with Crippen molar-refractivity contribution in [3.8, 4) is 5.75 Å². The Bertz CT molecular complexity index is 641. The Morgan fingerprint density at radius 2 is 1.95 bits per heavy atom. The third kappa shape index (κ3) is 3.55. The van der Waals surface area contributed by atoms with Crippen LogP contribution in [0.4, 0.5) is 5.82 Å². The molecule has 6 heteroatoms. The second-order valence-electron chi connectivity index (χ2n) is 3.91. The summed E-state index contributed by atoms with van der Waals surface area (Å²) in [4.78, 5) is 27.1. The summed E-state index contributed by atoms with van der Waals surface area (Å²) < 4.78 is 4.98. The number of anilines is 1. The maximum Gasteiger partial charge on any atom is 0.308 e. The number of carbonyl (C=O) groups is 2. The molecule has 2 rings (SSSR count). The fourth-order valence-electron chi connectivity index (χ4n) is 1.53. The summed E-state index contributed by atoms with van der Waals surface area (Å²) in [5.41, 5.74) is 0.249. The topological polar surface area (TPSA) is 68.3 Å². The average molecular weight is 291 g/mol. The van der Waals surface area contributed by atoms with Gasteiger partial charge in [0.25, 0.3) is 5.91 Å². The Hall–Kier alpha value is -2.40. The summed E-state index contributed by atoms with van der Waals surface area (Å²) >= 11 is 5.72. The van der Waals surface area contributed by atoms with E-state index in [1.807, 2.05) is 0 Å². The van der Waals surface area contributed by atoms with E-state index in [9.17, 15) is 9.59 Å². The standard InChI is InChI=1S/C14H11ClN2O3/c1-9(18)20-12-5-3-2-4-11(12)14(19)17-13-7-6-10(15)8-16-13/h2-8H,1H3,(H,16,17,19). The number of nitrogens with one attached hydrogen (secondary N) is 1. The number of hydrogen-bond donors (Lipinski definition) is 1. The Labute approximate surface area is 120 Å². The molecule has 0 saturated heterocycles. The lowest BCUT2D eigenvalue weighted by Crippen LogP contribution is -2.15. The van der Waals surface area contributed by atoms with Crippen molar-refractivity contribution in [1.29, 1.82) is 0 Å². The van der Waals surface area contributed by atoms with E-state index in [2.05, 4.69) is 10.3 Å². The fraction of sp³-hybridized carbons (Fsp3) is 0.0714. The van der Waals surface area contributed by atoms with Crippen molar-refractivity contribution >= 4 is 29.3 Å². The number of aromatic nitrogens is 1. The zero-order valence-electron chi connectivity index (χ0n) is 10.6. The van der Waals surface area contributed by atoms with Gasteiger partial charge in [-0.3, -0.25) is 9.59 Å². The van der Waals surface area contributed by atoms with Crippen molar-refractivity contribution in [3.05, 3.63) is 53.2 Å². The third-order valence-electron chi connectivity index (χ3n) is 2.35. The van der Waals surface area contributed by atoms with Crippen molar-refractivity contribution < 1.29 is 14.3 Å². The van der Waals surface area contributed by atoms with Crippen molar-refractivity contribution in [2.75, 3.05) is 5.32 Å². The van der Waals surface area contributed by atoms with Crippen LogP contribution in [0.1, 0.15) is 17.3 Å². The number of hydrogen-bond acceptors (Lipinski definition) is 4. The van der Waals surface area contributed by atoms with E-state index in [1.54, 1.807) is 36.4 Å². The van der Waals surface area contributed by atoms with E-state index in [1.165, 1.54) is 13.1 Å². The smallest absolute Gasteiger partial charge is 0.308 e. The van der Waals surface area contributed by atoms with Gasteiger partial charge in [0.2, 0.25) is 0 Å². The predicted octanol–water partition coefficient (Wildman–Crippen LogP) is 2.91. The van der Waals surface area contributed by atoms with Crippen molar-refractivity contribution in [2.24, 2.45) is 0 Å². The molecule has 0 radical (unpaired) electrons. The zero-order chi connectivity index (χ0) is 14.5. The van der Waals surface area contributed by atoms with E-state index in [0.717, 1.165) is 0 Å². The van der Waals surface area contributed by atoms with Gasteiger partial charge in [0.1, 0.15) is 11.6 Å². The first-order valence-electron chi connectivity index (χ1n) is 5.76. The Morgan fingerprint density at radius 1 is 1.20 bits per heavy atom. The molecule has 1 N–H and O–H groups in total. The summed E-state index contributed by atoms with van der Waals surface area (Å²) in [6.45, 7) is 1.27. The monoisotopic (exact) mass is 290 g/mol. The van der Waals surface area contributed by atoms with Gasteiger partial charge in [-0.25, -0.2) is 4.98 Å². The van der Waals surface area contributed by atoms with Gasteiger partial charge in [-0.1, -0.05) is 23.7 Å². The summed E-state index contributed by atoms with van der Waals surface area (Å²) in [5.74, 6) is -0.352. The molecule has 0 atom stereocenters. The summed E-state index contributed by atoms with van der Waals surface area (Å²) in [7, 11) is 0. The molecule has 1 aromatic heterocycles. The molecule has 0 spiro atoms. The number of pyridine rings is 1. The Kier molecular flexibility index (Phi) is 4.32. The van der Waals surface area contributed by atoms with Gasteiger partial charge in [0.15, 0.2) is 0 Å². The predicted molar refractivity (Wildman–Crippen MR) is 75.0 cm³/mol. The van der Waals surface area contributed by atoms with Crippen LogP contribution >= 0.6 is 11.6 Å². The van der Waals surface area contributed by atoms with Gasteiger partial charge in [-0.15, -0.1) is 0 Å². The highest BCUT2D eigenvalue weighted by Crippen LogP contribution is 2.19. The lowest BCUT2D eigenvalue weighted by molar-refractivity contribution is -0.131. The van der Waals surface area contributed by atoms with E-state index < -0.39 is 11.9 Å². The number of nitrogens with zero attached hydrogens (tertiary/aromatic N) is 1. The molecule has 0 unspecified atom stereocenters. The first-order chi connectivity index (χ1) is 9.56. The van der Waals surface area contributed by atoms with E-state index >= 15 is 0 Å². The second kappa shape index (κ2) is 6.16. The number of carbonyl (C=O) groups excluding carboxylic acids is 2. The molecule has 0 saturated carbocycles. The molecule has 0 aliphatic carbocycles. The molecular weight excluding hydrogens is 280 g/mol. The van der Waals surface area contributed by atoms with Crippen LogP contribution in [0.5, 0.6) is 5.75 Å². The Morgan fingerprint density at radius 3 is 2.60 bits per heavy atom. The first-order valence-corrected chi connectivity index (χ1v) is 6.14. The van der Waals surface area contributed by atoms with Gasteiger partial charge in [-0.2, -0.15) is 0 Å². The number of amides is 1. The molecule has 1 aromatic carbocycles. The second-order valence-corrected chi connectivity index (χ2v) is 4.34. The maximum absolute atomic E-state index is 12.1. The lowest BCUT2D eigenvalue weighted by atomic mass is 10.2. The number of esters is 1. The third-order valence-corrected chi connectivity index (χ3v) is 2.58. The van der Waals surface area contributed by atoms with Crippen LogP contribution < -0.4 is 10.1 Å². The van der Waals surface area contributed by atoms with Crippen LogP contribution in [-0.2, 0) is 4.79 Å². The largest absolute Gasteiger partial charge is 0.426 e. The van der Waals surface area contributed by atoms with Crippen LogP contribution in [-0.4, -0.2) is 16.9 Å². The van der Waals surface area contributed by atoms with Crippen molar-refractivity contribution in [2.45, 2.75) is 6.92 Å². The van der Waals surface area contributed by atoms with Crippen LogP contribution in [0.3, 0.4) is 0 Å². The van der Waals surface area contributed by atoms with Crippen molar-refractivity contribution in [1.82, 2.24) is 4.98 Å². The number of ether oxygens (including phenoxy) is 1. The van der Waals surface area contributed by atoms with Crippen LogP contribution in [0.15, 0.2) is 42.6 Å². The summed E-state index contributed by atoms with van der Waals surface area (Å²) in [6.07, 6.45) is 1.43. The minimum Gasteiger partial charge on any atom is -0.426 e. The maximum atomic E-state index is 12.1. The number of benzene rings is 1. The molecule has 0 aliphatic rings. The molecule has 5 nitrogen and oxygen atoms in total. The fourth-order valence-corrected chi connectivity index (χ4v) is 1.64. The number of para-hydroxylation sites is 1. The Balaban J connectivity index is 2.20. The summed E-state index contributed by atoms with van der Waals surface area (Å²) in [5, 5.41) is 3.07. The van der Waals surface area contributed by atoms with Crippen LogP contribution in [0.2, 0.25) is 5.02 Å². The van der Waals surface area contributed by atoms with Crippen LogP contribution in [0.25, 0.3) is 0 Å². The van der Waals surface area contributed by atoms with Gasteiger partial charge in [-0.05, 0) is 24.3 Å². The molecule has 0 aliphatic heterocycles. The van der Waals surface area contributed by atoms with Crippen molar-refractivity contribution in [3.63, 3.8) is 0 Å². The first kappa shape index (κ1) is 14.0. The zero-order valence-corrected chi connectivity index (χ0v) is 11.3. The van der Waals surface area contributed by atoms with Gasteiger partial charge >= 0.3 is 5.97 Å². The van der Waals surface area contributed by atoms with Gasteiger partial charge in [0, 0.05) is 13.1 Å². The number of rotatable bonds is 3.